The summed E-state index contributed by atoms with van der Waals surface area (Å²) in [5.41, 5.74) is 3.85. The summed E-state index contributed by atoms with van der Waals surface area (Å²) < 4.78 is 0. The zero-order chi connectivity index (χ0) is 12.8. The average Bonchev–Trinajstić information content (AvgIpc) is 2.27. The van der Waals surface area contributed by atoms with Crippen LogP contribution in [-0.2, 0) is 11.2 Å². The van der Waals surface area contributed by atoms with Crippen LogP contribution in [0.25, 0.3) is 0 Å². The molecule has 6 heteroatoms. The third-order valence-electron chi connectivity index (χ3n) is 1.92. The largest absolute Gasteiger partial charge is 0.273 e. The summed E-state index contributed by atoms with van der Waals surface area (Å²) in [6.45, 7) is 3.54. The first-order valence-electron chi connectivity index (χ1n) is 5.02. The van der Waals surface area contributed by atoms with Crippen molar-refractivity contribution in [3.8, 4) is 0 Å². The van der Waals surface area contributed by atoms with Crippen LogP contribution in [-0.4, -0.2) is 16.5 Å². The van der Waals surface area contributed by atoms with E-state index in [4.69, 9.17) is 0 Å². The summed E-state index contributed by atoms with van der Waals surface area (Å²) in [6, 6.07) is 5.86. The number of nitrogens with zero attached hydrogens (tertiary/aromatic N) is 2. The van der Waals surface area contributed by atoms with Crippen LogP contribution in [0.2, 0.25) is 0 Å². The number of hydrogen-bond acceptors (Lipinski definition) is 4. The lowest BCUT2D eigenvalue weighted by molar-refractivity contribution is -0.384. The second-order valence-electron chi connectivity index (χ2n) is 3.69. The summed E-state index contributed by atoms with van der Waals surface area (Å²) in [5.74, 6) is -0.250. The fourth-order valence-electron chi connectivity index (χ4n) is 1.13. The molecular formula is C11H13N3O3. The van der Waals surface area contributed by atoms with Gasteiger partial charge in [-0.3, -0.25) is 14.9 Å². The molecule has 0 fully saturated rings. The summed E-state index contributed by atoms with van der Waals surface area (Å²) in [4.78, 5) is 21.3. The molecule has 0 aromatic heterocycles. The molecular weight excluding hydrogens is 222 g/mol. The molecule has 0 bridgehead atoms. The fourth-order valence-corrected chi connectivity index (χ4v) is 1.13. The molecule has 0 unspecified atom stereocenters. The van der Waals surface area contributed by atoms with Crippen LogP contribution in [0.4, 0.5) is 5.69 Å². The van der Waals surface area contributed by atoms with Crippen LogP contribution in [0.5, 0.6) is 0 Å². The topological polar surface area (TPSA) is 84.6 Å². The van der Waals surface area contributed by atoms with E-state index in [0.29, 0.717) is 5.56 Å². The van der Waals surface area contributed by atoms with Gasteiger partial charge >= 0.3 is 0 Å². The van der Waals surface area contributed by atoms with Gasteiger partial charge in [0.25, 0.3) is 5.69 Å². The number of carbonyl (C=O) groups excluding carboxylic acids is 1. The summed E-state index contributed by atoms with van der Waals surface area (Å²) in [7, 11) is 0. The molecule has 1 N–H and O–H groups in total. The quantitative estimate of drug-likeness (QED) is 0.489. The van der Waals surface area contributed by atoms with Crippen molar-refractivity contribution in [3.05, 3.63) is 39.9 Å². The molecule has 0 radical (unpaired) electrons. The zero-order valence-electron chi connectivity index (χ0n) is 9.64. The van der Waals surface area contributed by atoms with Crippen LogP contribution in [0.3, 0.4) is 0 Å². The number of benzene rings is 1. The number of nitro benzene ring substituents is 1. The van der Waals surface area contributed by atoms with E-state index >= 15 is 0 Å². The maximum absolute atomic E-state index is 11.4. The van der Waals surface area contributed by atoms with Crippen LogP contribution < -0.4 is 5.43 Å². The molecule has 0 aliphatic heterocycles. The van der Waals surface area contributed by atoms with Crippen molar-refractivity contribution in [2.45, 2.75) is 20.3 Å². The smallest absolute Gasteiger partial charge is 0.269 e. The van der Waals surface area contributed by atoms with Gasteiger partial charge in [-0.1, -0.05) is 12.1 Å². The van der Waals surface area contributed by atoms with Gasteiger partial charge in [0.15, 0.2) is 0 Å². The lowest BCUT2D eigenvalue weighted by Crippen LogP contribution is -2.20. The second kappa shape index (κ2) is 5.74. The maximum atomic E-state index is 11.4. The third kappa shape index (κ3) is 4.42. The molecule has 0 aliphatic carbocycles. The number of nitrogens with one attached hydrogen (secondary N) is 1. The molecule has 0 aliphatic rings. The second-order valence-corrected chi connectivity index (χ2v) is 3.69. The van der Waals surface area contributed by atoms with Gasteiger partial charge < -0.3 is 0 Å². The van der Waals surface area contributed by atoms with Crippen molar-refractivity contribution in [3.63, 3.8) is 0 Å². The van der Waals surface area contributed by atoms with Crippen LogP contribution >= 0.6 is 0 Å². The molecule has 17 heavy (non-hydrogen) atoms. The Balaban J connectivity index is 2.60. The Hall–Kier alpha value is -2.24. The van der Waals surface area contributed by atoms with Gasteiger partial charge in [-0.2, -0.15) is 5.10 Å². The number of hydrogen-bond donors (Lipinski definition) is 1. The Morgan fingerprint density at radius 3 is 2.41 bits per heavy atom. The highest BCUT2D eigenvalue weighted by Gasteiger charge is 2.06. The number of hydrazone groups is 1. The van der Waals surface area contributed by atoms with Gasteiger partial charge in [-0.05, 0) is 19.4 Å². The lowest BCUT2D eigenvalue weighted by atomic mass is 10.1. The van der Waals surface area contributed by atoms with Crippen molar-refractivity contribution in [1.29, 1.82) is 0 Å². The van der Waals surface area contributed by atoms with E-state index in [2.05, 4.69) is 10.5 Å². The number of rotatable bonds is 4. The van der Waals surface area contributed by atoms with Crippen molar-refractivity contribution in [2.75, 3.05) is 0 Å². The number of amides is 1. The van der Waals surface area contributed by atoms with Crippen LogP contribution in [0.15, 0.2) is 29.4 Å². The summed E-state index contributed by atoms with van der Waals surface area (Å²) in [5, 5.41) is 14.2. The first kappa shape index (κ1) is 12.8. The van der Waals surface area contributed by atoms with Crippen molar-refractivity contribution in [1.82, 2.24) is 5.43 Å². The van der Waals surface area contributed by atoms with E-state index in [0.717, 1.165) is 5.71 Å². The zero-order valence-corrected chi connectivity index (χ0v) is 9.64. The maximum Gasteiger partial charge on any atom is 0.269 e. The van der Waals surface area contributed by atoms with Gasteiger partial charge in [0.05, 0.1) is 11.3 Å². The minimum absolute atomic E-state index is 0.0107. The highest BCUT2D eigenvalue weighted by molar-refractivity contribution is 5.83. The Bertz CT molecular complexity index is 448. The Labute approximate surface area is 98.5 Å². The summed E-state index contributed by atoms with van der Waals surface area (Å²) >= 11 is 0. The predicted molar refractivity (Wildman–Crippen MR) is 63.7 cm³/mol. The SMILES string of the molecule is CC(C)=NNC(=O)Cc1ccc([N+](=O)[O-])cc1. The van der Waals surface area contributed by atoms with E-state index < -0.39 is 4.92 Å². The minimum Gasteiger partial charge on any atom is -0.273 e. The molecule has 1 aromatic rings. The first-order valence-corrected chi connectivity index (χ1v) is 5.02. The molecule has 0 atom stereocenters. The van der Waals surface area contributed by atoms with E-state index in [1.807, 2.05) is 0 Å². The minimum atomic E-state index is -0.478. The predicted octanol–water partition coefficient (Wildman–Crippen LogP) is 1.65. The lowest BCUT2D eigenvalue weighted by Gasteiger charge is -2.00. The molecule has 0 saturated heterocycles. The fraction of sp³-hybridized carbons (Fsp3) is 0.273. The number of non-ortho nitro benzene ring substituents is 1. The molecule has 6 nitrogen and oxygen atoms in total. The third-order valence-corrected chi connectivity index (χ3v) is 1.92. The van der Waals surface area contributed by atoms with E-state index in [9.17, 15) is 14.9 Å². The van der Waals surface area contributed by atoms with Crippen molar-refractivity contribution in [2.24, 2.45) is 5.10 Å². The highest BCUT2D eigenvalue weighted by atomic mass is 16.6. The molecule has 0 saturated carbocycles. The van der Waals surface area contributed by atoms with Gasteiger partial charge in [0.2, 0.25) is 5.91 Å². The number of nitro groups is 1. The van der Waals surface area contributed by atoms with E-state index in [1.165, 1.54) is 12.1 Å². The van der Waals surface area contributed by atoms with Crippen molar-refractivity contribution < 1.29 is 9.72 Å². The van der Waals surface area contributed by atoms with Gasteiger partial charge in [0.1, 0.15) is 0 Å². The van der Waals surface area contributed by atoms with Gasteiger partial charge in [-0.25, -0.2) is 5.43 Å². The van der Waals surface area contributed by atoms with E-state index in [-0.39, 0.29) is 18.0 Å². The molecule has 90 valence electrons. The average molecular weight is 235 g/mol. The monoisotopic (exact) mass is 235 g/mol. The standard InChI is InChI=1S/C11H13N3O3/c1-8(2)12-13-11(15)7-9-3-5-10(6-4-9)14(16)17/h3-6H,7H2,1-2H3,(H,13,15). The Morgan fingerprint density at radius 1 is 1.35 bits per heavy atom. The highest BCUT2D eigenvalue weighted by Crippen LogP contribution is 2.12. The van der Waals surface area contributed by atoms with Crippen LogP contribution in [0, 0.1) is 10.1 Å². The van der Waals surface area contributed by atoms with E-state index in [1.54, 1.807) is 26.0 Å². The normalized spacial score (nSPS) is 9.53. The van der Waals surface area contributed by atoms with Gasteiger partial charge in [-0.15, -0.1) is 0 Å². The van der Waals surface area contributed by atoms with Gasteiger partial charge in [0, 0.05) is 17.8 Å². The Morgan fingerprint density at radius 2 is 1.94 bits per heavy atom. The number of carbonyl (C=O) groups is 1. The molecule has 1 rings (SSSR count). The molecule has 0 heterocycles. The van der Waals surface area contributed by atoms with Crippen molar-refractivity contribution >= 4 is 17.3 Å². The Kier molecular flexibility index (Phi) is 4.33. The molecule has 0 spiro atoms. The molecule has 1 aromatic carbocycles. The summed E-state index contributed by atoms with van der Waals surface area (Å²) in [6.07, 6.45) is 0.148. The first-order chi connectivity index (χ1) is 7.99. The van der Waals surface area contributed by atoms with Crippen LogP contribution in [0.1, 0.15) is 19.4 Å². The molecule has 1 amide bonds.